The lowest BCUT2D eigenvalue weighted by molar-refractivity contribution is 0.0536. The summed E-state index contributed by atoms with van der Waals surface area (Å²) in [5, 5.41) is 3.47. The van der Waals surface area contributed by atoms with Crippen molar-refractivity contribution in [2.75, 3.05) is 53.7 Å². The summed E-state index contributed by atoms with van der Waals surface area (Å²) < 4.78 is 16.4. The molecule has 1 saturated heterocycles. The first-order valence-corrected chi connectivity index (χ1v) is 9.86. The lowest BCUT2D eigenvalue weighted by Gasteiger charge is -2.22. The van der Waals surface area contributed by atoms with E-state index in [4.69, 9.17) is 14.2 Å². The van der Waals surface area contributed by atoms with Crippen LogP contribution in [0.15, 0.2) is 29.3 Å². The molecule has 1 fully saturated rings. The maximum Gasteiger partial charge on any atom is 0.193 e. The van der Waals surface area contributed by atoms with Crippen molar-refractivity contribution in [3.63, 3.8) is 0 Å². The van der Waals surface area contributed by atoms with Gasteiger partial charge in [-0.15, -0.1) is 0 Å². The third-order valence-corrected chi connectivity index (χ3v) is 4.54. The molecule has 1 N–H and O–H groups in total. The summed E-state index contributed by atoms with van der Waals surface area (Å²) in [6.45, 7) is 9.90. The van der Waals surface area contributed by atoms with Crippen molar-refractivity contribution < 1.29 is 14.2 Å². The normalized spacial score (nSPS) is 17.6. The second kappa shape index (κ2) is 11.8. The highest BCUT2D eigenvalue weighted by Gasteiger charge is 2.24. The van der Waals surface area contributed by atoms with E-state index in [9.17, 15) is 0 Å². The first-order chi connectivity index (χ1) is 13.1. The van der Waals surface area contributed by atoms with Crippen molar-refractivity contribution in [1.29, 1.82) is 0 Å². The van der Waals surface area contributed by atoms with Gasteiger partial charge in [0.2, 0.25) is 0 Å². The van der Waals surface area contributed by atoms with E-state index < -0.39 is 0 Å². The molecule has 27 heavy (non-hydrogen) atoms. The molecule has 0 amide bonds. The number of hydrogen-bond acceptors (Lipinski definition) is 4. The maximum atomic E-state index is 5.74. The van der Waals surface area contributed by atoms with Gasteiger partial charge in [-0.1, -0.05) is 26.0 Å². The molecule has 6 heteroatoms. The first-order valence-electron chi connectivity index (χ1n) is 9.86. The third kappa shape index (κ3) is 7.77. The Morgan fingerprint density at radius 2 is 2.04 bits per heavy atom. The molecular weight excluding hydrogens is 342 g/mol. The average Bonchev–Trinajstić information content (AvgIpc) is 3.14. The van der Waals surface area contributed by atoms with Crippen LogP contribution in [0.5, 0.6) is 5.75 Å². The predicted octanol–water partition coefficient (Wildman–Crippen LogP) is 2.78. The van der Waals surface area contributed by atoms with Crippen LogP contribution < -0.4 is 10.1 Å². The molecule has 1 aromatic carbocycles. The molecule has 1 aliphatic rings. The minimum absolute atomic E-state index is 0.532. The van der Waals surface area contributed by atoms with Crippen LogP contribution in [-0.4, -0.2) is 64.5 Å². The number of benzene rings is 1. The summed E-state index contributed by atoms with van der Waals surface area (Å²) in [5.74, 6) is 2.96. The molecule has 0 spiro atoms. The Hall–Kier alpha value is -1.79. The van der Waals surface area contributed by atoms with Crippen LogP contribution in [0.3, 0.4) is 0 Å². The predicted molar refractivity (Wildman–Crippen MR) is 109 cm³/mol. The van der Waals surface area contributed by atoms with E-state index in [1.807, 2.05) is 19.2 Å². The Kier molecular flexibility index (Phi) is 9.42. The Balaban J connectivity index is 1.74. The first kappa shape index (κ1) is 21.5. The minimum atomic E-state index is 0.532. The summed E-state index contributed by atoms with van der Waals surface area (Å²) in [7, 11) is 3.54. The highest BCUT2D eigenvalue weighted by Crippen LogP contribution is 2.17. The fourth-order valence-electron chi connectivity index (χ4n) is 3.03. The lowest BCUT2D eigenvalue weighted by atomic mass is 10.1. The van der Waals surface area contributed by atoms with E-state index in [1.54, 1.807) is 7.11 Å². The van der Waals surface area contributed by atoms with E-state index in [1.165, 1.54) is 5.56 Å². The molecule has 1 unspecified atom stereocenters. The SMILES string of the molecule is CN=C(NCc1ccc(OCC(C)C)cc1)N1CCC(COCCOC)C1. The van der Waals surface area contributed by atoms with Crippen molar-refractivity contribution >= 4 is 5.96 Å². The fourth-order valence-corrected chi connectivity index (χ4v) is 3.03. The molecule has 0 bridgehead atoms. The standard InChI is InChI=1S/C21H35N3O3/c1-17(2)15-27-20-7-5-18(6-8-20)13-23-21(22-3)24-10-9-19(14-24)16-26-12-11-25-4/h5-8,17,19H,9-16H2,1-4H3,(H,22,23). The number of ether oxygens (including phenoxy) is 3. The van der Waals surface area contributed by atoms with Gasteiger partial charge in [-0.05, 0) is 30.0 Å². The van der Waals surface area contributed by atoms with Crippen LogP contribution in [0.4, 0.5) is 0 Å². The van der Waals surface area contributed by atoms with Crippen molar-refractivity contribution in [3.8, 4) is 5.75 Å². The van der Waals surface area contributed by atoms with E-state index in [2.05, 4.69) is 41.2 Å². The van der Waals surface area contributed by atoms with Crippen LogP contribution >= 0.6 is 0 Å². The molecular formula is C21H35N3O3. The minimum Gasteiger partial charge on any atom is -0.493 e. The molecule has 0 aromatic heterocycles. The number of likely N-dealkylation sites (tertiary alicyclic amines) is 1. The van der Waals surface area contributed by atoms with Gasteiger partial charge in [0.25, 0.3) is 0 Å². The molecule has 6 nitrogen and oxygen atoms in total. The molecule has 0 aliphatic carbocycles. The van der Waals surface area contributed by atoms with E-state index in [-0.39, 0.29) is 0 Å². The Bertz CT molecular complexity index is 560. The molecule has 1 aliphatic heterocycles. The maximum absolute atomic E-state index is 5.74. The van der Waals surface area contributed by atoms with Gasteiger partial charge in [0, 0.05) is 39.7 Å². The molecule has 1 heterocycles. The van der Waals surface area contributed by atoms with Crippen LogP contribution in [0.1, 0.15) is 25.8 Å². The zero-order valence-electron chi connectivity index (χ0n) is 17.2. The van der Waals surface area contributed by atoms with Crippen molar-refractivity contribution in [2.45, 2.75) is 26.8 Å². The molecule has 2 rings (SSSR count). The van der Waals surface area contributed by atoms with E-state index in [0.717, 1.165) is 51.0 Å². The highest BCUT2D eigenvalue weighted by molar-refractivity contribution is 5.80. The molecule has 0 radical (unpaired) electrons. The third-order valence-electron chi connectivity index (χ3n) is 4.54. The van der Waals surface area contributed by atoms with Crippen molar-refractivity contribution in [3.05, 3.63) is 29.8 Å². The number of hydrogen-bond donors (Lipinski definition) is 1. The van der Waals surface area contributed by atoms with Gasteiger partial charge in [0.1, 0.15) is 5.75 Å². The number of aliphatic imine (C=N–C) groups is 1. The van der Waals surface area contributed by atoms with Crippen LogP contribution in [0.2, 0.25) is 0 Å². The molecule has 0 saturated carbocycles. The summed E-state index contributed by atoms with van der Waals surface area (Å²) >= 11 is 0. The molecule has 152 valence electrons. The fraction of sp³-hybridized carbons (Fsp3) is 0.667. The monoisotopic (exact) mass is 377 g/mol. The lowest BCUT2D eigenvalue weighted by Crippen LogP contribution is -2.39. The molecule has 1 aromatic rings. The van der Waals surface area contributed by atoms with Gasteiger partial charge in [-0.3, -0.25) is 4.99 Å². The summed E-state index contributed by atoms with van der Waals surface area (Å²) in [6, 6.07) is 8.27. The summed E-state index contributed by atoms with van der Waals surface area (Å²) in [4.78, 5) is 6.75. The van der Waals surface area contributed by atoms with Gasteiger partial charge < -0.3 is 24.4 Å². The largest absolute Gasteiger partial charge is 0.493 e. The Morgan fingerprint density at radius 1 is 1.26 bits per heavy atom. The Morgan fingerprint density at radius 3 is 2.70 bits per heavy atom. The zero-order valence-corrected chi connectivity index (χ0v) is 17.2. The second-order valence-electron chi connectivity index (χ2n) is 7.42. The summed E-state index contributed by atoms with van der Waals surface area (Å²) in [6.07, 6.45) is 1.13. The van der Waals surface area contributed by atoms with Gasteiger partial charge in [-0.2, -0.15) is 0 Å². The van der Waals surface area contributed by atoms with Gasteiger partial charge in [0.05, 0.1) is 26.4 Å². The van der Waals surface area contributed by atoms with Crippen LogP contribution in [-0.2, 0) is 16.0 Å². The highest BCUT2D eigenvalue weighted by atomic mass is 16.5. The van der Waals surface area contributed by atoms with Gasteiger partial charge in [-0.25, -0.2) is 0 Å². The number of guanidine groups is 1. The van der Waals surface area contributed by atoms with Crippen LogP contribution in [0, 0.1) is 11.8 Å². The topological polar surface area (TPSA) is 55.3 Å². The number of nitrogens with zero attached hydrogens (tertiary/aromatic N) is 2. The van der Waals surface area contributed by atoms with Gasteiger partial charge >= 0.3 is 0 Å². The number of methoxy groups -OCH3 is 1. The van der Waals surface area contributed by atoms with E-state index in [0.29, 0.717) is 25.0 Å². The number of rotatable bonds is 10. The summed E-state index contributed by atoms with van der Waals surface area (Å²) in [5.41, 5.74) is 1.21. The smallest absolute Gasteiger partial charge is 0.193 e. The van der Waals surface area contributed by atoms with Crippen molar-refractivity contribution in [1.82, 2.24) is 10.2 Å². The van der Waals surface area contributed by atoms with Crippen LogP contribution in [0.25, 0.3) is 0 Å². The molecule has 1 atom stereocenters. The zero-order chi connectivity index (χ0) is 19.5. The Labute approximate surface area is 163 Å². The quantitative estimate of drug-likeness (QED) is 0.386. The van der Waals surface area contributed by atoms with Crippen molar-refractivity contribution in [2.24, 2.45) is 16.8 Å². The second-order valence-corrected chi connectivity index (χ2v) is 7.42. The number of nitrogens with one attached hydrogen (secondary N) is 1. The average molecular weight is 378 g/mol. The van der Waals surface area contributed by atoms with Gasteiger partial charge in [0.15, 0.2) is 5.96 Å². The van der Waals surface area contributed by atoms with E-state index >= 15 is 0 Å².